The quantitative estimate of drug-likeness (QED) is 0.619. The van der Waals surface area contributed by atoms with Crippen LogP contribution in [0.5, 0.6) is 0 Å². The minimum Gasteiger partial charge on any atom is -0.307 e. The molecule has 0 aromatic rings. The van der Waals surface area contributed by atoms with Gasteiger partial charge in [-0.1, -0.05) is 13.8 Å². The average molecular weight is 155 g/mol. The van der Waals surface area contributed by atoms with Crippen molar-refractivity contribution in [1.82, 2.24) is 5.32 Å². The van der Waals surface area contributed by atoms with Crippen LogP contribution in [0.15, 0.2) is 0 Å². The van der Waals surface area contributed by atoms with Gasteiger partial charge in [-0.25, -0.2) is 0 Å². The second-order valence-electron chi connectivity index (χ2n) is 4.24. The first-order valence-electron chi connectivity index (χ1n) is 4.25. The lowest BCUT2D eigenvalue weighted by Crippen LogP contribution is -2.45. The van der Waals surface area contributed by atoms with Crippen LogP contribution >= 0.6 is 0 Å². The van der Waals surface area contributed by atoms with Crippen molar-refractivity contribution in [2.45, 2.75) is 39.7 Å². The summed E-state index contributed by atoms with van der Waals surface area (Å²) in [5.41, 5.74) is 0.349. The van der Waals surface area contributed by atoms with Gasteiger partial charge >= 0.3 is 0 Å². The van der Waals surface area contributed by atoms with E-state index in [2.05, 4.69) is 19.2 Å². The van der Waals surface area contributed by atoms with E-state index >= 15 is 0 Å². The monoisotopic (exact) mass is 155 g/mol. The number of carbonyl (C=O) groups excluding carboxylic acids is 1. The smallest absolute Gasteiger partial charge is 0.146 e. The van der Waals surface area contributed by atoms with E-state index in [0.29, 0.717) is 5.41 Å². The molecule has 1 unspecified atom stereocenters. The number of ketones is 1. The predicted octanol–water partition coefficient (Wildman–Crippen LogP) is 1.35. The lowest BCUT2D eigenvalue weighted by molar-refractivity contribution is -0.120. The Labute approximate surface area is 68.4 Å². The third-order valence-electron chi connectivity index (χ3n) is 2.44. The van der Waals surface area contributed by atoms with Gasteiger partial charge < -0.3 is 5.32 Å². The summed E-state index contributed by atoms with van der Waals surface area (Å²) in [6.07, 6.45) is 2.17. The summed E-state index contributed by atoms with van der Waals surface area (Å²) < 4.78 is 0. The maximum absolute atomic E-state index is 11.0. The van der Waals surface area contributed by atoms with E-state index in [1.54, 1.807) is 6.92 Å². The maximum Gasteiger partial charge on any atom is 0.146 e. The zero-order chi connectivity index (χ0) is 8.48. The van der Waals surface area contributed by atoms with Gasteiger partial charge in [0.25, 0.3) is 0 Å². The second-order valence-corrected chi connectivity index (χ2v) is 4.24. The first-order valence-corrected chi connectivity index (χ1v) is 4.25. The van der Waals surface area contributed by atoms with Crippen LogP contribution in [0.25, 0.3) is 0 Å². The standard InChI is InChI=1S/C9H17NO/c1-7(11)8-6-9(2,3)4-5-10-8/h8,10H,4-6H2,1-3H3. The van der Waals surface area contributed by atoms with Gasteiger partial charge in [0.2, 0.25) is 0 Å². The van der Waals surface area contributed by atoms with Crippen molar-refractivity contribution in [3.05, 3.63) is 0 Å². The largest absolute Gasteiger partial charge is 0.307 e. The zero-order valence-corrected chi connectivity index (χ0v) is 7.61. The SMILES string of the molecule is CC(=O)C1CC(C)(C)CCN1. The molecule has 1 heterocycles. The van der Waals surface area contributed by atoms with Gasteiger partial charge in [0.05, 0.1) is 6.04 Å². The fraction of sp³-hybridized carbons (Fsp3) is 0.889. The molecule has 11 heavy (non-hydrogen) atoms. The Bertz CT molecular complexity index is 163. The van der Waals surface area contributed by atoms with E-state index in [0.717, 1.165) is 13.0 Å². The number of hydrogen-bond acceptors (Lipinski definition) is 2. The summed E-state index contributed by atoms with van der Waals surface area (Å²) in [6, 6.07) is 0.110. The van der Waals surface area contributed by atoms with Crippen molar-refractivity contribution in [3.63, 3.8) is 0 Å². The van der Waals surface area contributed by atoms with E-state index in [4.69, 9.17) is 0 Å². The van der Waals surface area contributed by atoms with Crippen molar-refractivity contribution in [3.8, 4) is 0 Å². The molecule has 1 saturated heterocycles. The highest BCUT2D eigenvalue weighted by Crippen LogP contribution is 2.29. The highest BCUT2D eigenvalue weighted by atomic mass is 16.1. The molecule has 1 N–H and O–H groups in total. The number of Topliss-reactive ketones (excluding diaryl/α,β-unsaturated/α-hetero) is 1. The van der Waals surface area contributed by atoms with Crippen LogP contribution in [0.2, 0.25) is 0 Å². The first-order chi connectivity index (χ1) is 5.01. The number of rotatable bonds is 1. The number of carbonyl (C=O) groups is 1. The average Bonchev–Trinajstić information content (AvgIpc) is 1.85. The van der Waals surface area contributed by atoms with E-state index < -0.39 is 0 Å². The van der Waals surface area contributed by atoms with Gasteiger partial charge in [-0.3, -0.25) is 4.79 Å². The summed E-state index contributed by atoms with van der Waals surface area (Å²) in [7, 11) is 0. The molecule has 64 valence electrons. The van der Waals surface area contributed by atoms with Crippen LogP contribution in [-0.2, 0) is 4.79 Å². The number of nitrogens with one attached hydrogen (secondary N) is 1. The molecule has 0 aromatic heterocycles. The molecule has 0 aliphatic carbocycles. The zero-order valence-electron chi connectivity index (χ0n) is 7.61. The minimum absolute atomic E-state index is 0.110. The van der Waals surface area contributed by atoms with Gasteiger partial charge in [0.1, 0.15) is 5.78 Å². The molecule has 1 rings (SSSR count). The fourth-order valence-electron chi connectivity index (χ4n) is 1.60. The molecule has 1 fully saturated rings. The van der Waals surface area contributed by atoms with Gasteiger partial charge in [0, 0.05) is 0 Å². The Morgan fingerprint density at radius 1 is 1.55 bits per heavy atom. The fourth-order valence-corrected chi connectivity index (χ4v) is 1.60. The molecular formula is C9H17NO. The van der Waals surface area contributed by atoms with Gasteiger partial charge in [0.15, 0.2) is 0 Å². The van der Waals surface area contributed by atoms with Crippen LogP contribution in [0.3, 0.4) is 0 Å². The van der Waals surface area contributed by atoms with Crippen LogP contribution in [0.4, 0.5) is 0 Å². The van der Waals surface area contributed by atoms with E-state index in [-0.39, 0.29) is 11.8 Å². The summed E-state index contributed by atoms with van der Waals surface area (Å²) in [6.45, 7) is 7.10. The molecule has 0 aromatic carbocycles. The molecule has 0 radical (unpaired) electrons. The molecule has 0 bridgehead atoms. The third-order valence-corrected chi connectivity index (χ3v) is 2.44. The Morgan fingerprint density at radius 3 is 2.55 bits per heavy atom. The highest BCUT2D eigenvalue weighted by molar-refractivity contribution is 5.81. The Kier molecular flexibility index (Phi) is 2.33. The van der Waals surface area contributed by atoms with Crippen molar-refractivity contribution < 1.29 is 4.79 Å². The molecule has 1 aliphatic rings. The highest BCUT2D eigenvalue weighted by Gasteiger charge is 2.29. The second kappa shape index (κ2) is 2.94. The molecule has 0 saturated carbocycles. The summed E-state index contributed by atoms with van der Waals surface area (Å²) in [5.74, 6) is 0.276. The number of piperidine rings is 1. The van der Waals surface area contributed by atoms with Crippen LogP contribution < -0.4 is 5.32 Å². The Balaban J connectivity index is 2.53. The molecular weight excluding hydrogens is 138 g/mol. The van der Waals surface area contributed by atoms with Crippen molar-refractivity contribution in [2.75, 3.05) is 6.54 Å². The molecule has 1 aliphatic heterocycles. The summed E-state index contributed by atoms with van der Waals surface area (Å²) >= 11 is 0. The van der Waals surface area contributed by atoms with E-state index in [9.17, 15) is 4.79 Å². The van der Waals surface area contributed by atoms with Crippen LogP contribution in [0, 0.1) is 5.41 Å². The first kappa shape index (κ1) is 8.72. The lowest BCUT2D eigenvalue weighted by atomic mass is 9.79. The van der Waals surface area contributed by atoms with Gasteiger partial charge in [-0.05, 0) is 31.7 Å². The maximum atomic E-state index is 11.0. The molecule has 0 spiro atoms. The Morgan fingerprint density at radius 2 is 2.18 bits per heavy atom. The van der Waals surface area contributed by atoms with Crippen molar-refractivity contribution >= 4 is 5.78 Å². The van der Waals surface area contributed by atoms with Gasteiger partial charge in [-0.15, -0.1) is 0 Å². The third kappa shape index (κ3) is 2.29. The topological polar surface area (TPSA) is 29.1 Å². The van der Waals surface area contributed by atoms with Crippen molar-refractivity contribution in [2.24, 2.45) is 5.41 Å². The molecule has 2 heteroatoms. The lowest BCUT2D eigenvalue weighted by Gasteiger charge is -2.34. The molecule has 2 nitrogen and oxygen atoms in total. The number of hydrogen-bond donors (Lipinski definition) is 1. The van der Waals surface area contributed by atoms with Gasteiger partial charge in [-0.2, -0.15) is 0 Å². The van der Waals surface area contributed by atoms with E-state index in [1.165, 1.54) is 6.42 Å². The summed E-state index contributed by atoms with van der Waals surface area (Å²) in [4.78, 5) is 11.0. The predicted molar refractivity (Wildman–Crippen MR) is 45.5 cm³/mol. The molecule has 0 amide bonds. The Hall–Kier alpha value is -0.370. The normalized spacial score (nSPS) is 29.9. The van der Waals surface area contributed by atoms with Crippen LogP contribution in [-0.4, -0.2) is 18.4 Å². The van der Waals surface area contributed by atoms with Crippen molar-refractivity contribution in [1.29, 1.82) is 0 Å². The molecule has 1 atom stereocenters. The minimum atomic E-state index is 0.110. The van der Waals surface area contributed by atoms with E-state index in [1.807, 2.05) is 0 Å². The summed E-state index contributed by atoms with van der Waals surface area (Å²) in [5, 5.41) is 3.22. The van der Waals surface area contributed by atoms with Crippen LogP contribution in [0.1, 0.15) is 33.6 Å².